The number of rotatable bonds is 12. The van der Waals surface area contributed by atoms with Crippen molar-refractivity contribution in [1.82, 2.24) is 10.6 Å². The highest BCUT2D eigenvalue weighted by molar-refractivity contribution is 5.78. The second-order valence-electron chi connectivity index (χ2n) is 7.01. The molecule has 0 aromatic heterocycles. The van der Waals surface area contributed by atoms with Crippen LogP contribution in [0.5, 0.6) is 11.5 Å². The molecule has 0 spiro atoms. The molecule has 4 heteroatoms. The molecule has 0 fully saturated rings. The van der Waals surface area contributed by atoms with Gasteiger partial charge in [0.25, 0.3) is 0 Å². The zero-order valence-corrected chi connectivity index (χ0v) is 16.6. The normalized spacial score (nSPS) is 11.9. The van der Waals surface area contributed by atoms with E-state index in [-0.39, 0.29) is 0 Å². The Bertz CT molecular complexity index is 669. The molecule has 0 saturated carbocycles. The van der Waals surface area contributed by atoms with Gasteiger partial charge in [-0.25, -0.2) is 0 Å². The number of hydrogen-bond donors (Lipinski definition) is 2. The fraction of sp³-hybridized carbons (Fsp3) is 0.478. The van der Waals surface area contributed by atoms with Crippen LogP contribution in [0.4, 0.5) is 0 Å². The van der Waals surface area contributed by atoms with Crippen LogP contribution in [-0.2, 0) is 6.42 Å². The van der Waals surface area contributed by atoms with E-state index in [1.807, 2.05) is 0 Å². The van der Waals surface area contributed by atoms with Gasteiger partial charge in [0.2, 0.25) is 0 Å². The Morgan fingerprint density at radius 2 is 1.19 bits per heavy atom. The van der Waals surface area contributed by atoms with Crippen molar-refractivity contribution in [1.29, 1.82) is 0 Å². The summed E-state index contributed by atoms with van der Waals surface area (Å²) in [4.78, 5) is 0. The Balaban J connectivity index is 1.55. The fourth-order valence-corrected chi connectivity index (χ4v) is 3.43. The van der Waals surface area contributed by atoms with Crippen molar-refractivity contribution in [3.63, 3.8) is 0 Å². The van der Waals surface area contributed by atoms with Crippen molar-refractivity contribution in [2.75, 3.05) is 39.4 Å². The van der Waals surface area contributed by atoms with E-state index in [0.29, 0.717) is 13.2 Å². The second-order valence-corrected chi connectivity index (χ2v) is 7.01. The van der Waals surface area contributed by atoms with E-state index in [0.717, 1.165) is 56.9 Å². The molecule has 1 aliphatic carbocycles. The number of hydrogen-bond acceptors (Lipinski definition) is 4. The lowest BCUT2D eigenvalue weighted by molar-refractivity contribution is 0.314. The predicted molar refractivity (Wildman–Crippen MR) is 112 cm³/mol. The van der Waals surface area contributed by atoms with E-state index in [4.69, 9.17) is 9.47 Å². The third-order valence-corrected chi connectivity index (χ3v) is 4.77. The maximum absolute atomic E-state index is 5.89. The molecule has 2 aromatic rings. The standard InChI is InChI=1S/C23H32N2O2/c1-3-9-24-11-13-26-20-5-7-22-18(16-20)15-19-17-21(6-8-23(19)22)27-14-12-25-10-4-2/h5-8,16-17,24-25H,3-4,9-15H2,1-2H3. The largest absolute Gasteiger partial charge is 0.492 e. The maximum Gasteiger partial charge on any atom is 0.119 e. The highest BCUT2D eigenvalue weighted by Crippen LogP contribution is 2.39. The van der Waals surface area contributed by atoms with Crippen LogP contribution in [-0.4, -0.2) is 39.4 Å². The molecule has 27 heavy (non-hydrogen) atoms. The van der Waals surface area contributed by atoms with E-state index in [2.05, 4.69) is 60.9 Å². The van der Waals surface area contributed by atoms with Gasteiger partial charge in [0.1, 0.15) is 24.7 Å². The van der Waals surface area contributed by atoms with Crippen LogP contribution in [0.2, 0.25) is 0 Å². The molecule has 146 valence electrons. The first-order valence-electron chi connectivity index (χ1n) is 10.2. The van der Waals surface area contributed by atoms with Crippen molar-refractivity contribution >= 4 is 0 Å². The molecule has 0 atom stereocenters. The molecule has 0 saturated heterocycles. The quantitative estimate of drug-likeness (QED) is 0.474. The van der Waals surface area contributed by atoms with E-state index in [1.165, 1.54) is 22.3 Å². The smallest absolute Gasteiger partial charge is 0.119 e. The highest BCUT2D eigenvalue weighted by atomic mass is 16.5. The van der Waals surface area contributed by atoms with Crippen LogP contribution < -0.4 is 20.1 Å². The number of fused-ring (bicyclic) bond motifs is 3. The second kappa shape index (κ2) is 10.3. The molecule has 4 nitrogen and oxygen atoms in total. The number of ether oxygens (including phenoxy) is 2. The van der Waals surface area contributed by atoms with Gasteiger partial charge >= 0.3 is 0 Å². The Kier molecular flexibility index (Phi) is 7.55. The zero-order valence-electron chi connectivity index (χ0n) is 16.6. The summed E-state index contributed by atoms with van der Waals surface area (Å²) in [5.74, 6) is 1.91. The minimum atomic E-state index is 0.704. The van der Waals surface area contributed by atoms with Gasteiger partial charge in [-0.2, -0.15) is 0 Å². The summed E-state index contributed by atoms with van der Waals surface area (Å²) in [5, 5.41) is 6.73. The van der Waals surface area contributed by atoms with Gasteiger partial charge in [-0.3, -0.25) is 0 Å². The van der Waals surface area contributed by atoms with Crippen molar-refractivity contribution in [3.05, 3.63) is 47.5 Å². The van der Waals surface area contributed by atoms with Gasteiger partial charge in [-0.15, -0.1) is 0 Å². The van der Waals surface area contributed by atoms with Gasteiger partial charge in [0.05, 0.1) is 0 Å². The summed E-state index contributed by atoms with van der Waals surface area (Å²) in [6.45, 7) is 9.62. The lowest BCUT2D eigenvalue weighted by Crippen LogP contribution is -2.21. The van der Waals surface area contributed by atoms with Gasteiger partial charge in [0.15, 0.2) is 0 Å². The SMILES string of the molecule is CCCNCCOc1ccc2c(c1)Cc1cc(OCCNCCC)ccc1-2. The molecular weight excluding hydrogens is 336 g/mol. The van der Waals surface area contributed by atoms with Crippen LogP contribution in [0.1, 0.15) is 37.8 Å². The van der Waals surface area contributed by atoms with Crippen molar-refractivity contribution in [2.45, 2.75) is 33.1 Å². The van der Waals surface area contributed by atoms with Gasteiger partial charge in [-0.05, 0) is 78.9 Å². The van der Waals surface area contributed by atoms with Gasteiger partial charge < -0.3 is 20.1 Å². The summed E-state index contributed by atoms with van der Waals surface area (Å²) in [6, 6.07) is 12.9. The first-order valence-corrected chi connectivity index (χ1v) is 10.2. The Labute approximate surface area is 163 Å². The fourth-order valence-electron chi connectivity index (χ4n) is 3.43. The van der Waals surface area contributed by atoms with Gasteiger partial charge in [0, 0.05) is 13.1 Å². The molecule has 0 amide bonds. The van der Waals surface area contributed by atoms with Crippen molar-refractivity contribution < 1.29 is 9.47 Å². The Morgan fingerprint density at radius 3 is 1.63 bits per heavy atom. The van der Waals surface area contributed by atoms with Crippen molar-refractivity contribution in [2.24, 2.45) is 0 Å². The molecule has 0 heterocycles. The molecule has 2 aromatic carbocycles. The van der Waals surface area contributed by atoms with Crippen LogP contribution >= 0.6 is 0 Å². The predicted octanol–water partition coefficient (Wildman–Crippen LogP) is 4.01. The van der Waals surface area contributed by atoms with E-state index >= 15 is 0 Å². The zero-order chi connectivity index (χ0) is 18.9. The first-order chi connectivity index (χ1) is 13.3. The minimum absolute atomic E-state index is 0.704. The van der Waals surface area contributed by atoms with Crippen LogP contribution in [0.15, 0.2) is 36.4 Å². The first kappa shape index (κ1) is 19.7. The molecule has 0 unspecified atom stereocenters. The summed E-state index contributed by atoms with van der Waals surface area (Å²) in [6.07, 6.45) is 3.25. The Morgan fingerprint density at radius 1 is 0.704 bits per heavy atom. The molecule has 0 bridgehead atoms. The summed E-state index contributed by atoms with van der Waals surface area (Å²) in [7, 11) is 0. The van der Waals surface area contributed by atoms with Crippen LogP contribution in [0.25, 0.3) is 11.1 Å². The molecule has 1 aliphatic rings. The molecule has 2 N–H and O–H groups in total. The highest BCUT2D eigenvalue weighted by Gasteiger charge is 2.19. The lowest BCUT2D eigenvalue weighted by atomic mass is 10.1. The maximum atomic E-state index is 5.89. The number of nitrogens with one attached hydrogen (secondary N) is 2. The van der Waals surface area contributed by atoms with E-state index in [1.54, 1.807) is 0 Å². The topological polar surface area (TPSA) is 42.5 Å². The monoisotopic (exact) mass is 368 g/mol. The third kappa shape index (κ3) is 5.47. The van der Waals surface area contributed by atoms with E-state index < -0.39 is 0 Å². The molecule has 3 rings (SSSR count). The summed E-state index contributed by atoms with van der Waals surface area (Å²) >= 11 is 0. The number of benzene rings is 2. The molecular formula is C23H32N2O2. The van der Waals surface area contributed by atoms with Crippen LogP contribution in [0, 0.1) is 0 Å². The minimum Gasteiger partial charge on any atom is -0.492 e. The average Bonchev–Trinajstić information content (AvgIpc) is 3.04. The summed E-state index contributed by atoms with van der Waals surface area (Å²) < 4.78 is 11.8. The van der Waals surface area contributed by atoms with E-state index in [9.17, 15) is 0 Å². The molecule has 0 aliphatic heterocycles. The lowest BCUT2D eigenvalue weighted by Gasteiger charge is -2.09. The third-order valence-electron chi connectivity index (χ3n) is 4.77. The van der Waals surface area contributed by atoms with Crippen LogP contribution in [0.3, 0.4) is 0 Å². The summed E-state index contributed by atoms with van der Waals surface area (Å²) in [5.41, 5.74) is 5.31. The molecule has 0 radical (unpaired) electrons. The average molecular weight is 369 g/mol. The Hall–Kier alpha value is -2.04. The van der Waals surface area contributed by atoms with Crippen molar-refractivity contribution in [3.8, 4) is 22.6 Å². The van der Waals surface area contributed by atoms with Gasteiger partial charge in [-0.1, -0.05) is 26.0 Å².